The van der Waals surface area contributed by atoms with Gasteiger partial charge in [0, 0.05) is 11.4 Å². The molecule has 0 aromatic carbocycles. The summed E-state index contributed by atoms with van der Waals surface area (Å²) in [5.74, 6) is -6.37. The van der Waals surface area contributed by atoms with Crippen LogP contribution in [0.5, 0.6) is 0 Å². The highest BCUT2D eigenvalue weighted by Crippen LogP contribution is 2.46. The molecule has 0 saturated carbocycles. The highest BCUT2D eigenvalue weighted by atomic mass is 79.9. The van der Waals surface area contributed by atoms with Gasteiger partial charge in [-0.1, -0.05) is 0 Å². The van der Waals surface area contributed by atoms with Gasteiger partial charge in [-0.05, 0) is 55.8 Å². The van der Waals surface area contributed by atoms with Crippen molar-refractivity contribution in [3.63, 3.8) is 0 Å². The maximum absolute atomic E-state index is 14.7. The van der Waals surface area contributed by atoms with E-state index in [1.54, 1.807) is 0 Å². The Morgan fingerprint density at radius 3 is 2.08 bits per heavy atom. The van der Waals surface area contributed by atoms with Gasteiger partial charge in [0.1, 0.15) is 20.9 Å². The molecule has 2 N–H and O–H groups in total. The summed E-state index contributed by atoms with van der Waals surface area (Å²) in [5, 5.41) is 9.21. The van der Waals surface area contributed by atoms with Crippen LogP contribution in [0, 0.1) is 5.82 Å². The summed E-state index contributed by atoms with van der Waals surface area (Å²) < 4.78 is 94.8. The van der Waals surface area contributed by atoms with Crippen LogP contribution in [0.25, 0.3) is 0 Å². The number of pyridine rings is 1. The number of rotatable bonds is 5. The molecule has 26 heavy (non-hydrogen) atoms. The van der Waals surface area contributed by atoms with Crippen LogP contribution in [0.2, 0.25) is 0 Å². The first-order valence-corrected chi connectivity index (χ1v) is 9.03. The number of aromatic nitrogens is 1. The van der Waals surface area contributed by atoms with Gasteiger partial charge in [0.25, 0.3) is 0 Å². The Labute approximate surface area is 157 Å². The van der Waals surface area contributed by atoms with E-state index in [9.17, 15) is 36.0 Å². The third-order valence-electron chi connectivity index (χ3n) is 3.46. The number of halogens is 7. The third kappa shape index (κ3) is 4.64. The van der Waals surface area contributed by atoms with E-state index in [0.717, 1.165) is 6.07 Å². The minimum Gasteiger partial charge on any atom is -0.598 e. The zero-order chi connectivity index (χ0) is 20.7. The summed E-state index contributed by atoms with van der Waals surface area (Å²) in [6.07, 6.45) is -9.86. The average Bonchev–Trinajstić information content (AvgIpc) is 2.46. The van der Waals surface area contributed by atoms with Crippen LogP contribution < -0.4 is 4.72 Å². The lowest BCUT2D eigenvalue weighted by molar-refractivity contribution is -0.288. The van der Waals surface area contributed by atoms with Gasteiger partial charge in [0.2, 0.25) is 6.10 Å². The number of hydrogen-bond donors (Lipinski definition) is 2. The van der Waals surface area contributed by atoms with Crippen molar-refractivity contribution in [1.82, 2.24) is 9.71 Å². The molecule has 1 aromatic rings. The second-order valence-corrected chi connectivity index (χ2v) is 9.42. The molecule has 0 amide bonds. The standard InChI is InChI=1S/C14H17BrF6N2O2S/c1-11(2,3)26(25)23-12(4,9-7(16)5-6-8(15)22-9)13(17,18)10(24)14(19,20)21/h5-6,10,23-24H,1-4H3/t10?,12?,26-/m1/s1. The van der Waals surface area contributed by atoms with Crippen LogP contribution in [0.4, 0.5) is 26.3 Å². The SMILES string of the molecule is CC(C)(C)[S@@+]([O-])NC(C)(c1nc(Br)ccc1F)C(F)(F)C(O)C(F)(F)F. The normalized spacial score (nSPS) is 18.3. The maximum atomic E-state index is 14.7. The molecule has 12 heteroatoms. The van der Waals surface area contributed by atoms with Crippen molar-refractivity contribution in [3.05, 3.63) is 28.2 Å². The van der Waals surface area contributed by atoms with Gasteiger partial charge in [-0.3, -0.25) is 0 Å². The van der Waals surface area contributed by atoms with Crippen LogP contribution in [0.3, 0.4) is 0 Å². The van der Waals surface area contributed by atoms with Crippen molar-refractivity contribution < 1.29 is 36.0 Å². The zero-order valence-electron chi connectivity index (χ0n) is 14.1. The molecule has 3 atom stereocenters. The average molecular weight is 471 g/mol. The Balaban J connectivity index is 3.64. The van der Waals surface area contributed by atoms with E-state index in [-0.39, 0.29) is 4.60 Å². The molecular weight excluding hydrogens is 454 g/mol. The van der Waals surface area contributed by atoms with Crippen LogP contribution in [0.15, 0.2) is 16.7 Å². The predicted molar refractivity (Wildman–Crippen MR) is 87.3 cm³/mol. The number of nitrogens with zero attached hydrogens (tertiary/aromatic N) is 1. The van der Waals surface area contributed by atoms with Crippen LogP contribution in [-0.2, 0) is 16.9 Å². The number of aliphatic hydroxyl groups is 1. The van der Waals surface area contributed by atoms with Crippen LogP contribution in [-0.4, -0.2) is 37.6 Å². The van der Waals surface area contributed by atoms with Crippen LogP contribution >= 0.6 is 15.9 Å². The van der Waals surface area contributed by atoms with Gasteiger partial charge in [-0.2, -0.15) is 13.2 Å². The molecule has 0 aliphatic carbocycles. The van der Waals surface area contributed by atoms with Crippen molar-refractivity contribution in [2.24, 2.45) is 0 Å². The highest BCUT2D eigenvalue weighted by Gasteiger charge is 2.68. The first-order valence-electron chi connectivity index (χ1n) is 7.09. The van der Waals surface area contributed by atoms with Crippen molar-refractivity contribution in [3.8, 4) is 0 Å². The largest absolute Gasteiger partial charge is 0.598 e. The maximum Gasteiger partial charge on any atom is 0.420 e. The predicted octanol–water partition coefficient (Wildman–Crippen LogP) is 3.81. The summed E-state index contributed by atoms with van der Waals surface area (Å²) in [5.41, 5.74) is -4.37. The van der Waals surface area contributed by atoms with E-state index >= 15 is 0 Å². The summed E-state index contributed by atoms with van der Waals surface area (Å²) in [4.78, 5) is 3.50. The Kier molecular flexibility index (Phi) is 6.73. The lowest BCUT2D eigenvalue weighted by Gasteiger charge is -2.41. The number of alkyl halides is 5. The summed E-state index contributed by atoms with van der Waals surface area (Å²) in [7, 11) is 0. The third-order valence-corrected chi connectivity index (χ3v) is 5.61. The van der Waals surface area contributed by atoms with E-state index in [1.165, 1.54) is 20.8 Å². The minimum absolute atomic E-state index is 0.138. The molecule has 0 aliphatic rings. The smallest absolute Gasteiger partial charge is 0.420 e. The second kappa shape index (κ2) is 7.46. The molecule has 1 rings (SSSR count). The van der Waals surface area contributed by atoms with Crippen molar-refractivity contribution in [2.75, 3.05) is 0 Å². The van der Waals surface area contributed by atoms with Gasteiger partial charge in [-0.15, -0.1) is 4.72 Å². The molecule has 0 radical (unpaired) electrons. The van der Waals surface area contributed by atoms with Gasteiger partial charge >= 0.3 is 12.1 Å². The summed E-state index contributed by atoms with van der Waals surface area (Å²) in [6, 6.07) is 1.76. The molecule has 2 unspecified atom stereocenters. The molecule has 0 aliphatic heterocycles. The topological polar surface area (TPSA) is 68.2 Å². The van der Waals surface area contributed by atoms with Crippen molar-refractivity contribution in [2.45, 2.75) is 56.2 Å². The molecule has 0 spiro atoms. The second-order valence-electron chi connectivity index (χ2n) is 6.64. The van der Waals surface area contributed by atoms with E-state index in [4.69, 9.17) is 0 Å². The molecule has 4 nitrogen and oxygen atoms in total. The van der Waals surface area contributed by atoms with Crippen LogP contribution in [0.1, 0.15) is 33.4 Å². The molecular formula is C14H17BrF6N2O2S. The van der Waals surface area contributed by atoms with Gasteiger partial charge in [0.15, 0.2) is 5.54 Å². The first kappa shape index (κ1) is 23.5. The number of aliphatic hydroxyl groups excluding tert-OH is 1. The lowest BCUT2D eigenvalue weighted by Crippen LogP contribution is -2.65. The molecule has 0 bridgehead atoms. The van der Waals surface area contributed by atoms with Gasteiger partial charge < -0.3 is 9.66 Å². The quantitative estimate of drug-likeness (QED) is 0.390. The molecule has 0 fully saturated rings. The highest BCUT2D eigenvalue weighted by molar-refractivity contribution is 9.10. The Morgan fingerprint density at radius 1 is 1.15 bits per heavy atom. The Hall–Kier alpha value is -0.560. The molecule has 1 aromatic heterocycles. The Morgan fingerprint density at radius 2 is 1.65 bits per heavy atom. The summed E-state index contributed by atoms with van der Waals surface area (Å²) in [6.45, 7) is 4.63. The van der Waals surface area contributed by atoms with E-state index in [1.807, 2.05) is 4.72 Å². The minimum atomic E-state index is -5.71. The monoisotopic (exact) mass is 470 g/mol. The lowest BCUT2D eigenvalue weighted by atomic mass is 9.86. The summed E-state index contributed by atoms with van der Waals surface area (Å²) >= 11 is 0.484. The Bertz CT molecular complexity index is 655. The number of nitrogens with one attached hydrogen (secondary N) is 1. The first-order chi connectivity index (χ1) is 11.4. The van der Waals surface area contributed by atoms with E-state index in [0.29, 0.717) is 13.0 Å². The van der Waals surface area contributed by atoms with E-state index in [2.05, 4.69) is 20.9 Å². The number of hydrogen-bond acceptors (Lipinski definition) is 4. The molecule has 150 valence electrons. The van der Waals surface area contributed by atoms with Crippen molar-refractivity contribution in [1.29, 1.82) is 0 Å². The van der Waals surface area contributed by atoms with Gasteiger partial charge in [0.05, 0.1) is 0 Å². The molecule has 0 saturated heterocycles. The fraction of sp³-hybridized carbons (Fsp3) is 0.643. The van der Waals surface area contributed by atoms with Crippen molar-refractivity contribution >= 4 is 27.3 Å². The fourth-order valence-electron chi connectivity index (χ4n) is 1.86. The fourth-order valence-corrected chi connectivity index (χ4v) is 3.08. The van der Waals surface area contributed by atoms with E-state index < -0.39 is 51.4 Å². The zero-order valence-corrected chi connectivity index (χ0v) is 16.5. The molecule has 1 heterocycles. The van der Waals surface area contributed by atoms with Gasteiger partial charge in [-0.25, -0.2) is 18.2 Å².